The Balaban J connectivity index is 2.26. The molecule has 0 fully saturated rings. The van der Waals surface area contributed by atoms with Crippen LogP contribution in [0.3, 0.4) is 0 Å². The predicted octanol–water partition coefficient (Wildman–Crippen LogP) is 4.66. The number of hydrogen-bond acceptors (Lipinski definition) is 7. The van der Waals surface area contributed by atoms with Crippen LogP contribution < -0.4 is 23.7 Å². The summed E-state index contributed by atoms with van der Waals surface area (Å²) in [5.41, 5.74) is 0.229. The SMILES string of the molecule is COc1ccccc1C(=O)Oc1c(OC)c(OC)c(OC(C)=O)c2cc(Cl)ccc12. The van der Waals surface area contributed by atoms with Gasteiger partial charge in [0.25, 0.3) is 0 Å². The van der Waals surface area contributed by atoms with Gasteiger partial charge in [-0.25, -0.2) is 4.79 Å². The summed E-state index contributed by atoms with van der Waals surface area (Å²) in [7, 11) is 4.23. The fourth-order valence-electron chi connectivity index (χ4n) is 3.03. The highest BCUT2D eigenvalue weighted by molar-refractivity contribution is 6.31. The molecule has 0 aromatic heterocycles. The molecule has 0 aliphatic heterocycles. The maximum Gasteiger partial charge on any atom is 0.347 e. The lowest BCUT2D eigenvalue weighted by molar-refractivity contribution is -0.131. The molecule has 0 saturated heterocycles. The molecule has 7 nitrogen and oxygen atoms in total. The lowest BCUT2D eigenvalue weighted by atomic mass is 10.1. The van der Waals surface area contributed by atoms with Crippen molar-refractivity contribution >= 4 is 34.3 Å². The standard InChI is InChI=1S/C22H19ClO7/c1-12(24)29-19-16-11-13(23)9-10-14(16)18(20(27-3)21(19)28-4)30-22(25)15-7-5-6-8-17(15)26-2/h5-11H,1-4H3. The zero-order chi connectivity index (χ0) is 21.8. The summed E-state index contributed by atoms with van der Waals surface area (Å²) in [5, 5.41) is 1.25. The number of rotatable bonds is 6. The summed E-state index contributed by atoms with van der Waals surface area (Å²) < 4.78 is 27.2. The molecule has 0 bridgehead atoms. The number of fused-ring (bicyclic) bond motifs is 1. The molecule has 3 aromatic carbocycles. The maximum absolute atomic E-state index is 12.9. The van der Waals surface area contributed by atoms with Crippen molar-refractivity contribution in [3.63, 3.8) is 0 Å². The average molecular weight is 431 g/mol. The van der Waals surface area contributed by atoms with E-state index in [9.17, 15) is 9.59 Å². The molecule has 0 unspecified atom stereocenters. The van der Waals surface area contributed by atoms with Crippen molar-refractivity contribution in [1.29, 1.82) is 0 Å². The molecule has 0 heterocycles. The van der Waals surface area contributed by atoms with Crippen molar-refractivity contribution in [2.24, 2.45) is 0 Å². The van der Waals surface area contributed by atoms with Crippen molar-refractivity contribution in [3.05, 3.63) is 53.1 Å². The molecule has 0 aliphatic rings. The minimum atomic E-state index is -0.663. The van der Waals surface area contributed by atoms with Gasteiger partial charge in [0.15, 0.2) is 11.5 Å². The zero-order valence-electron chi connectivity index (χ0n) is 16.8. The van der Waals surface area contributed by atoms with Gasteiger partial charge >= 0.3 is 11.9 Å². The number of ether oxygens (including phenoxy) is 5. The third kappa shape index (κ3) is 3.97. The van der Waals surface area contributed by atoms with Gasteiger partial charge in [-0.15, -0.1) is 0 Å². The van der Waals surface area contributed by atoms with Gasteiger partial charge < -0.3 is 23.7 Å². The van der Waals surface area contributed by atoms with E-state index in [0.717, 1.165) is 0 Å². The van der Waals surface area contributed by atoms with Crippen molar-refractivity contribution in [2.45, 2.75) is 6.92 Å². The smallest absolute Gasteiger partial charge is 0.347 e. The number of para-hydroxylation sites is 1. The molecule has 0 atom stereocenters. The molecule has 0 N–H and O–H groups in total. The molecule has 3 rings (SSSR count). The van der Waals surface area contributed by atoms with Crippen LogP contribution in [0.15, 0.2) is 42.5 Å². The number of carbonyl (C=O) groups excluding carboxylic acids is 2. The van der Waals surface area contributed by atoms with Crippen LogP contribution in [0.25, 0.3) is 10.8 Å². The van der Waals surface area contributed by atoms with Crippen molar-refractivity contribution in [3.8, 4) is 28.7 Å². The minimum Gasteiger partial charge on any atom is -0.496 e. The molecular weight excluding hydrogens is 412 g/mol. The number of hydrogen-bond donors (Lipinski definition) is 0. The second-order valence-electron chi connectivity index (χ2n) is 6.10. The highest BCUT2D eigenvalue weighted by atomic mass is 35.5. The zero-order valence-corrected chi connectivity index (χ0v) is 17.5. The Kier molecular flexibility index (Phi) is 6.32. The summed E-state index contributed by atoms with van der Waals surface area (Å²) >= 11 is 6.15. The Morgan fingerprint density at radius 2 is 1.40 bits per heavy atom. The van der Waals surface area contributed by atoms with Crippen LogP contribution in [-0.4, -0.2) is 33.3 Å². The number of carbonyl (C=O) groups is 2. The van der Waals surface area contributed by atoms with Crippen LogP contribution >= 0.6 is 11.6 Å². The quantitative estimate of drug-likeness (QED) is 0.415. The van der Waals surface area contributed by atoms with E-state index in [1.54, 1.807) is 42.5 Å². The van der Waals surface area contributed by atoms with Gasteiger partial charge in [-0.3, -0.25) is 4.79 Å². The van der Waals surface area contributed by atoms with Gasteiger partial charge in [-0.1, -0.05) is 23.7 Å². The van der Waals surface area contributed by atoms with Crippen molar-refractivity contribution < 1.29 is 33.3 Å². The Hall–Kier alpha value is -3.45. The van der Waals surface area contributed by atoms with Crippen LogP contribution in [-0.2, 0) is 4.79 Å². The van der Waals surface area contributed by atoms with E-state index in [4.69, 9.17) is 35.3 Å². The van der Waals surface area contributed by atoms with Crippen LogP contribution in [0.4, 0.5) is 0 Å². The molecule has 0 aliphatic carbocycles. The first-order valence-electron chi connectivity index (χ1n) is 8.82. The predicted molar refractivity (Wildman–Crippen MR) is 111 cm³/mol. The Labute approximate surface area is 178 Å². The van der Waals surface area contributed by atoms with E-state index in [1.165, 1.54) is 28.3 Å². The summed E-state index contributed by atoms with van der Waals surface area (Å²) in [4.78, 5) is 24.6. The van der Waals surface area contributed by atoms with E-state index in [1.807, 2.05) is 0 Å². The van der Waals surface area contributed by atoms with E-state index in [-0.39, 0.29) is 28.6 Å². The van der Waals surface area contributed by atoms with Crippen LogP contribution in [0.1, 0.15) is 17.3 Å². The van der Waals surface area contributed by atoms with Gasteiger partial charge in [0.2, 0.25) is 11.5 Å². The fraction of sp³-hybridized carbons (Fsp3) is 0.182. The van der Waals surface area contributed by atoms with Crippen LogP contribution in [0, 0.1) is 0 Å². The van der Waals surface area contributed by atoms with Gasteiger partial charge in [-0.2, -0.15) is 0 Å². The van der Waals surface area contributed by atoms with Crippen molar-refractivity contribution in [1.82, 2.24) is 0 Å². The molecule has 8 heteroatoms. The summed E-state index contributed by atoms with van der Waals surface area (Å²) in [6, 6.07) is 11.5. The number of esters is 2. The molecule has 3 aromatic rings. The van der Waals surface area contributed by atoms with Crippen molar-refractivity contribution in [2.75, 3.05) is 21.3 Å². The normalized spacial score (nSPS) is 10.4. The second-order valence-corrected chi connectivity index (χ2v) is 6.53. The van der Waals surface area contributed by atoms with Gasteiger partial charge in [0.1, 0.15) is 11.3 Å². The first-order valence-corrected chi connectivity index (χ1v) is 9.19. The van der Waals surface area contributed by atoms with Gasteiger partial charge in [0, 0.05) is 22.7 Å². The number of benzene rings is 3. The summed E-state index contributed by atoms with van der Waals surface area (Å²) in [6.45, 7) is 1.26. The molecular formula is C22H19ClO7. The Morgan fingerprint density at radius 3 is 2.00 bits per heavy atom. The number of methoxy groups -OCH3 is 3. The third-order valence-electron chi connectivity index (χ3n) is 4.27. The molecule has 0 amide bonds. The highest BCUT2D eigenvalue weighted by Gasteiger charge is 2.27. The van der Waals surface area contributed by atoms with E-state index in [0.29, 0.717) is 21.5 Å². The first-order chi connectivity index (χ1) is 14.4. The first kappa shape index (κ1) is 21.3. The Bertz CT molecular complexity index is 1120. The van der Waals surface area contributed by atoms with Gasteiger partial charge in [0.05, 0.1) is 21.3 Å². The third-order valence-corrected chi connectivity index (χ3v) is 4.50. The molecule has 0 spiro atoms. The summed E-state index contributed by atoms with van der Waals surface area (Å²) in [6.07, 6.45) is 0. The minimum absolute atomic E-state index is 0.0882. The van der Waals surface area contributed by atoms with E-state index in [2.05, 4.69) is 0 Å². The number of halogens is 1. The largest absolute Gasteiger partial charge is 0.496 e. The Morgan fingerprint density at radius 1 is 0.767 bits per heavy atom. The monoisotopic (exact) mass is 430 g/mol. The van der Waals surface area contributed by atoms with Crippen LogP contribution in [0.2, 0.25) is 5.02 Å². The lowest BCUT2D eigenvalue weighted by Crippen LogP contribution is -2.12. The maximum atomic E-state index is 12.9. The van der Waals surface area contributed by atoms with E-state index < -0.39 is 11.9 Å². The topological polar surface area (TPSA) is 80.3 Å². The van der Waals surface area contributed by atoms with E-state index >= 15 is 0 Å². The second kappa shape index (κ2) is 8.92. The molecule has 30 heavy (non-hydrogen) atoms. The fourth-order valence-corrected chi connectivity index (χ4v) is 3.20. The van der Waals surface area contributed by atoms with Gasteiger partial charge in [-0.05, 0) is 30.3 Å². The highest BCUT2D eigenvalue weighted by Crippen LogP contribution is 2.51. The average Bonchev–Trinajstić information content (AvgIpc) is 2.74. The molecule has 0 saturated carbocycles. The van der Waals surface area contributed by atoms with Crippen LogP contribution in [0.5, 0.6) is 28.7 Å². The molecule has 156 valence electrons. The molecule has 0 radical (unpaired) electrons. The summed E-state index contributed by atoms with van der Waals surface area (Å²) in [5.74, 6) is -0.488. The lowest BCUT2D eigenvalue weighted by Gasteiger charge is -2.19.